The zero-order valence-corrected chi connectivity index (χ0v) is 4.59. The first-order chi connectivity index (χ1) is 3.66. The molecule has 0 spiro atoms. The largest absolute Gasteiger partial charge is 0.550 e. The van der Waals surface area contributed by atoms with Crippen LogP contribution in [0.4, 0.5) is 4.79 Å². The number of ether oxygens (including phenoxy) is 1. The minimum absolute atomic E-state index is 0.472. The van der Waals surface area contributed by atoms with Crippen LogP contribution in [-0.2, 0) is 9.84 Å². The summed E-state index contributed by atoms with van der Waals surface area (Å²) >= 11 is 0. The highest BCUT2D eigenvalue weighted by molar-refractivity contribution is 5.56. The molecule has 0 rings (SSSR count). The summed E-state index contributed by atoms with van der Waals surface area (Å²) in [7, 11) is 0. The van der Waals surface area contributed by atoms with Crippen LogP contribution in [0.5, 0.6) is 0 Å². The first-order valence-electron chi connectivity index (χ1n) is 2.17. The van der Waals surface area contributed by atoms with Crippen LogP contribution in [0, 0.1) is 0 Å². The van der Waals surface area contributed by atoms with Gasteiger partial charge in [0.15, 0.2) is 0 Å². The Labute approximate surface area is 47.6 Å². The highest BCUT2D eigenvalue weighted by atomic mass is 16.7. The second-order valence-corrected chi connectivity index (χ2v) is 1.31. The Balaban J connectivity index is 3.38. The number of carbonyl (C=O) groups excluding carboxylic acids is 1. The number of carbonyl (C=O) groups is 1. The predicted molar refractivity (Wildman–Crippen MR) is 26.8 cm³/mol. The molecule has 1 radical (unpaired) electrons. The van der Waals surface area contributed by atoms with E-state index >= 15 is 0 Å². The molecule has 0 bridgehead atoms. The minimum atomic E-state index is -1.52. The third-order valence-electron chi connectivity index (χ3n) is 0.614. The van der Waals surface area contributed by atoms with E-state index in [1.807, 2.05) is 0 Å². The molecule has 1 atom stereocenters. The standard InChI is InChI=1S/C5H7O3/c1-3-4(2)8-5(6)7/h3-4H,1H2,2H3. The smallest absolute Gasteiger partial charge is 0.425 e. The van der Waals surface area contributed by atoms with Crippen LogP contribution in [0.1, 0.15) is 6.92 Å². The third-order valence-corrected chi connectivity index (χ3v) is 0.614. The summed E-state index contributed by atoms with van der Waals surface area (Å²) in [6.07, 6.45) is -0.618. The van der Waals surface area contributed by atoms with Gasteiger partial charge < -0.3 is 4.74 Å². The lowest BCUT2D eigenvalue weighted by atomic mass is 10.4. The molecule has 45 valence electrons. The van der Waals surface area contributed by atoms with Gasteiger partial charge in [0.05, 0.1) is 0 Å². The maximum absolute atomic E-state index is 9.59. The third kappa shape index (κ3) is 3.21. The molecule has 3 nitrogen and oxygen atoms in total. The molecule has 0 N–H and O–H groups in total. The summed E-state index contributed by atoms with van der Waals surface area (Å²) in [5, 5.41) is 9.59. The summed E-state index contributed by atoms with van der Waals surface area (Å²) in [6, 6.07) is 0. The van der Waals surface area contributed by atoms with Gasteiger partial charge in [-0.3, -0.25) is 0 Å². The molecule has 0 aromatic carbocycles. The number of rotatable bonds is 2. The van der Waals surface area contributed by atoms with Gasteiger partial charge in [0.1, 0.15) is 6.10 Å². The maximum atomic E-state index is 9.59. The second-order valence-electron chi connectivity index (χ2n) is 1.31. The van der Waals surface area contributed by atoms with Gasteiger partial charge in [-0.2, -0.15) is 9.90 Å². The van der Waals surface area contributed by atoms with Crippen molar-refractivity contribution in [2.45, 2.75) is 13.0 Å². The Morgan fingerprint density at radius 3 is 2.50 bits per heavy atom. The van der Waals surface area contributed by atoms with Crippen LogP contribution < -0.4 is 0 Å². The summed E-state index contributed by atoms with van der Waals surface area (Å²) in [5.41, 5.74) is 0. The van der Waals surface area contributed by atoms with E-state index in [1.54, 1.807) is 6.92 Å². The van der Waals surface area contributed by atoms with Crippen molar-refractivity contribution in [3.05, 3.63) is 12.7 Å². The monoisotopic (exact) mass is 115 g/mol. The molecule has 1 unspecified atom stereocenters. The summed E-state index contributed by atoms with van der Waals surface area (Å²) < 4.78 is 4.09. The lowest BCUT2D eigenvalue weighted by Crippen LogP contribution is -2.07. The van der Waals surface area contributed by atoms with Crippen molar-refractivity contribution in [3.8, 4) is 0 Å². The lowest BCUT2D eigenvalue weighted by molar-refractivity contribution is 0.0530. The fourth-order valence-corrected chi connectivity index (χ4v) is 0.200. The molecule has 0 aromatic rings. The molecule has 0 aliphatic heterocycles. The molecular formula is C5H7O3. The van der Waals surface area contributed by atoms with Gasteiger partial charge in [0.2, 0.25) is 0 Å². The Hall–Kier alpha value is -0.990. The topological polar surface area (TPSA) is 46.2 Å². The molecule has 0 heterocycles. The fraction of sp³-hybridized carbons (Fsp3) is 0.400. The van der Waals surface area contributed by atoms with Crippen molar-refractivity contribution >= 4 is 6.16 Å². The van der Waals surface area contributed by atoms with Gasteiger partial charge in [0.25, 0.3) is 0 Å². The number of hydrogen-bond acceptors (Lipinski definition) is 2. The minimum Gasteiger partial charge on any atom is -0.425 e. The van der Waals surface area contributed by atoms with Crippen LogP contribution in [-0.4, -0.2) is 12.3 Å². The van der Waals surface area contributed by atoms with E-state index in [4.69, 9.17) is 0 Å². The molecular weight excluding hydrogens is 108 g/mol. The quantitative estimate of drug-likeness (QED) is 0.400. The number of hydrogen-bond donors (Lipinski definition) is 0. The average Bonchev–Trinajstić information content (AvgIpc) is 1.65. The average molecular weight is 115 g/mol. The molecule has 0 aromatic heterocycles. The molecule has 0 fully saturated rings. The van der Waals surface area contributed by atoms with Crippen LogP contribution in [0.2, 0.25) is 0 Å². The first-order valence-corrected chi connectivity index (χ1v) is 2.17. The Morgan fingerprint density at radius 2 is 2.38 bits per heavy atom. The van der Waals surface area contributed by atoms with Crippen molar-refractivity contribution in [3.63, 3.8) is 0 Å². The summed E-state index contributed by atoms with van der Waals surface area (Å²) in [4.78, 5) is 9.59. The maximum Gasteiger partial charge on any atom is 0.550 e. The van der Waals surface area contributed by atoms with E-state index in [0.717, 1.165) is 0 Å². The van der Waals surface area contributed by atoms with Gasteiger partial charge in [0, 0.05) is 0 Å². The molecule has 0 saturated heterocycles. The highest BCUT2D eigenvalue weighted by Gasteiger charge is 2.02. The van der Waals surface area contributed by atoms with Crippen LogP contribution in [0.3, 0.4) is 0 Å². The SMILES string of the molecule is C=CC(C)OC([O])=O. The van der Waals surface area contributed by atoms with Crippen LogP contribution in [0.15, 0.2) is 12.7 Å². The van der Waals surface area contributed by atoms with Gasteiger partial charge in [-0.15, -0.1) is 0 Å². The van der Waals surface area contributed by atoms with Crippen molar-refractivity contribution in [2.24, 2.45) is 0 Å². The molecule has 8 heavy (non-hydrogen) atoms. The summed E-state index contributed by atoms with van der Waals surface area (Å²) in [6.45, 7) is 4.86. The normalized spacial score (nSPS) is 12.1. The Morgan fingerprint density at radius 1 is 1.88 bits per heavy atom. The van der Waals surface area contributed by atoms with E-state index in [0.29, 0.717) is 0 Å². The molecule has 0 aliphatic carbocycles. The Bertz CT molecular complexity index is 97.8. The van der Waals surface area contributed by atoms with Crippen molar-refractivity contribution in [2.75, 3.05) is 0 Å². The van der Waals surface area contributed by atoms with E-state index in [9.17, 15) is 9.90 Å². The van der Waals surface area contributed by atoms with Gasteiger partial charge >= 0.3 is 6.16 Å². The highest BCUT2D eigenvalue weighted by Crippen LogP contribution is 1.89. The first kappa shape index (κ1) is 7.01. The summed E-state index contributed by atoms with van der Waals surface area (Å²) in [5.74, 6) is 0. The van der Waals surface area contributed by atoms with Crippen LogP contribution >= 0.6 is 0 Å². The molecule has 0 saturated carbocycles. The Kier molecular flexibility index (Phi) is 2.69. The van der Waals surface area contributed by atoms with E-state index in [1.165, 1.54) is 6.08 Å². The van der Waals surface area contributed by atoms with E-state index in [2.05, 4.69) is 11.3 Å². The zero-order chi connectivity index (χ0) is 6.57. The molecule has 0 amide bonds. The van der Waals surface area contributed by atoms with Gasteiger partial charge in [-0.05, 0) is 6.92 Å². The van der Waals surface area contributed by atoms with Gasteiger partial charge in [-0.25, -0.2) is 0 Å². The van der Waals surface area contributed by atoms with E-state index < -0.39 is 12.3 Å². The molecule has 3 heteroatoms. The van der Waals surface area contributed by atoms with Crippen molar-refractivity contribution < 1.29 is 14.6 Å². The fourth-order valence-electron chi connectivity index (χ4n) is 0.200. The van der Waals surface area contributed by atoms with Crippen molar-refractivity contribution in [1.29, 1.82) is 0 Å². The zero-order valence-electron chi connectivity index (χ0n) is 4.59. The lowest BCUT2D eigenvalue weighted by Gasteiger charge is -1.99. The van der Waals surface area contributed by atoms with Gasteiger partial charge in [-0.1, -0.05) is 12.7 Å². The van der Waals surface area contributed by atoms with E-state index in [-0.39, 0.29) is 0 Å². The molecule has 0 aliphatic rings. The predicted octanol–water partition coefficient (Wildman–Crippen LogP) is 1.13. The van der Waals surface area contributed by atoms with Crippen LogP contribution in [0.25, 0.3) is 0 Å². The van der Waals surface area contributed by atoms with Crippen molar-refractivity contribution in [1.82, 2.24) is 0 Å². The second kappa shape index (κ2) is 3.07.